The zero-order valence-electron chi connectivity index (χ0n) is 10.5. The van der Waals surface area contributed by atoms with Gasteiger partial charge in [-0.15, -0.1) is 0 Å². The van der Waals surface area contributed by atoms with E-state index in [0.717, 1.165) is 0 Å². The van der Waals surface area contributed by atoms with Gasteiger partial charge in [0, 0.05) is 6.54 Å². The van der Waals surface area contributed by atoms with Crippen LogP contribution in [0.2, 0.25) is 0 Å². The van der Waals surface area contributed by atoms with Gasteiger partial charge in [0.2, 0.25) is 10.0 Å². The molecule has 0 atom stereocenters. The van der Waals surface area contributed by atoms with E-state index in [2.05, 4.69) is 9.46 Å². The number of sulfonamides is 1. The second-order valence-electron chi connectivity index (χ2n) is 3.90. The van der Waals surface area contributed by atoms with E-state index in [1.807, 2.05) is 0 Å². The first kappa shape index (κ1) is 16.3. The van der Waals surface area contributed by atoms with E-state index in [0.29, 0.717) is 12.8 Å². The lowest BCUT2D eigenvalue weighted by Crippen LogP contribution is -2.42. The van der Waals surface area contributed by atoms with Crippen LogP contribution < -0.4 is 4.72 Å². The van der Waals surface area contributed by atoms with E-state index >= 15 is 0 Å². The van der Waals surface area contributed by atoms with Crippen molar-refractivity contribution in [1.29, 1.82) is 0 Å². The predicted molar refractivity (Wildman–Crippen MR) is 64.0 cm³/mol. The molecule has 0 radical (unpaired) electrons. The van der Waals surface area contributed by atoms with Crippen LogP contribution in [-0.2, 0) is 19.6 Å². The lowest BCUT2D eigenvalue weighted by atomic mass is 9.98. The fourth-order valence-electron chi connectivity index (χ4n) is 1.14. The standard InChI is InChI=1S/C10H21NO5S/c1-4-10(13,5-2)8-11-17(14,15)7-6-9(12)16-3/h11,13H,4-8H2,1-3H3. The Morgan fingerprint density at radius 3 is 2.29 bits per heavy atom. The highest BCUT2D eigenvalue weighted by atomic mass is 32.2. The average molecular weight is 267 g/mol. The van der Waals surface area contributed by atoms with Gasteiger partial charge in [0.1, 0.15) is 0 Å². The maximum absolute atomic E-state index is 11.5. The molecule has 0 bridgehead atoms. The van der Waals surface area contributed by atoms with Gasteiger partial charge in [-0.25, -0.2) is 13.1 Å². The summed E-state index contributed by atoms with van der Waals surface area (Å²) in [5.41, 5.74) is -1.03. The van der Waals surface area contributed by atoms with Gasteiger partial charge in [0.15, 0.2) is 0 Å². The van der Waals surface area contributed by atoms with Crippen molar-refractivity contribution in [2.75, 3.05) is 19.4 Å². The van der Waals surface area contributed by atoms with Crippen molar-refractivity contribution in [2.45, 2.75) is 38.7 Å². The summed E-state index contributed by atoms with van der Waals surface area (Å²) in [5, 5.41) is 9.90. The molecule has 0 aliphatic carbocycles. The number of carbonyl (C=O) groups is 1. The zero-order chi connectivity index (χ0) is 13.5. The molecule has 0 saturated heterocycles. The van der Waals surface area contributed by atoms with Gasteiger partial charge in [-0.3, -0.25) is 4.79 Å². The fraction of sp³-hybridized carbons (Fsp3) is 0.900. The van der Waals surface area contributed by atoms with Crippen LogP contribution in [0.15, 0.2) is 0 Å². The highest BCUT2D eigenvalue weighted by molar-refractivity contribution is 7.89. The van der Waals surface area contributed by atoms with Crippen LogP contribution in [0.4, 0.5) is 0 Å². The minimum absolute atomic E-state index is 0.0382. The van der Waals surface area contributed by atoms with Crippen LogP contribution in [0.5, 0.6) is 0 Å². The summed E-state index contributed by atoms with van der Waals surface area (Å²) >= 11 is 0. The number of hydrogen-bond donors (Lipinski definition) is 2. The van der Waals surface area contributed by atoms with Crippen molar-refractivity contribution < 1.29 is 23.1 Å². The molecule has 0 amide bonds. The Hall–Kier alpha value is -0.660. The van der Waals surface area contributed by atoms with Crippen LogP contribution >= 0.6 is 0 Å². The van der Waals surface area contributed by atoms with E-state index in [-0.39, 0.29) is 18.7 Å². The summed E-state index contributed by atoms with van der Waals surface area (Å²) in [4.78, 5) is 10.8. The summed E-state index contributed by atoms with van der Waals surface area (Å²) in [5.74, 6) is -0.903. The molecule has 7 heteroatoms. The van der Waals surface area contributed by atoms with Crippen LogP contribution in [0.25, 0.3) is 0 Å². The van der Waals surface area contributed by atoms with Crippen molar-refractivity contribution >= 4 is 16.0 Å². The number of rotatable bonds is 8. The lowest BCUT2D eigenvalue weighted by molar-refractivity contribution is -0.140. The fourth-order valence-corrected chi connectivity index (χ4v) is 2.20. The first-order chi connectivity index (χ1) is 7.78. The SMILES string of the molecule is CCC(O)(CC)CNS(=O)(=O)CCC(=O)OC. The van der Waals surface area contributed by atoms with Crippen LogP contribution in [0, 0.1) is 0 Å². The van der Waals surface area contributed by atoms with E-state index in [9.17, 15) is 18.3 Å². The van der Waals surface area contributed by atoms with Crippen molar-refractivity contribution in [3.05, 3.63) is 0 Å². The number of esters is 1. The smallest absolute Gasteiger partial charge is 0.306 e. The highest BCUT2D eigenvalue weighted by Gasteiger charge is 2.24. The summed E-state index contributed by atoms with van der Waals surface area (Å²) in [6.45, 7) is 3.53. The highest BCUT2D eigenvalue weighted by Crippen LogP contribution is 2.13. The number of ether oxygens (including phenoxy) is 1. The molecule has 0 unspecified atom stereocenters. The maximum atomic E-state index is 11.5. The van der Waals surface area contributed by atoms with Gasteiger partial charge < -0.3 is 9.84 Å². The molecule has 0 rings (SSSR count). The molecule has 0 aliphatic rings. The van der Waals surface area contributed by atoms with Crippen molar-refractivity contribution in [1.82, 2.24) is 4.72 Å². The van der Waals surface area contributed by atoms with E-state index < -0.39 is 21.6 Å². The van der Waals surface area contributed by atoms with Gasteiger partial charge in [-0.05, 0) is 12.8 Å². The van der Waals surface area contributed by atoms with E-state index in [1.54, 1.807) is 13.8 Å². The van der Waals surface area contributed by atoms with E-state index in [1.165, 1.54) is 7.11 Å². The molecular formula is C10H21NO5S. The molecule has 0 spiro atoms. The number of methoxy groups -OCH3 is 1. The monoisotopic (exact) mass is 267 g/mol. The number of nitrogens with one attached hydrogen (secondary N) is 1. The van der Waals surface area contributed by atoms with Crippen LogP contribution in [0.3, 0.4) is 0 Å². The van der Waals surface area contributed by atoms with Crippen molar-refractivity contribution in [3.8, 4) is 0 Å². The predicted octanol–water partition coefficient (Wildman–Crippen LogP) is 0.0200. The molecule has 0 fully saturated rings. The Kier molecular flexibility index (Phi) is 6.66. The summed E-state index contributed by atoms with van der Waals surface area (Å²) in [6.07, 6.45) is 0.731. The largest absolute Gasteiger partial charge is 0.469 e. The Morgan fingerprint density at radius 2 is 1.88 bits per heavy atom. The summed E-state index contributed by atoms with van der Waals surface area (Å²) in [6, 6.07) is 0. The zero-order valence-corrected chi connectivity index (χ0v) is 11.3. The number of carbonyl (C=O) groups excluding carboxylic acids is 1. The molecule has 2 N–H and O–H groups in total. The Bertz CT molecular complexity index is 335. The molecule has 0 aliphatic heterocycles. The van der Waals surface area contributed by atoms with Crippen LogP contribution in [-0.4, -0.2) is 44.5 Å². The van der Waals surface area contributed by atoms with Gasteiger partial charge in [0.05, 0.1) is 24.9 Å². The second-order valence-corrected chi connectivity index (χ2v) is 5.82. The number of hydrogen-bond acceptors (Lipinski definition) is 5. The quantitative estimate of drug-likeness (QED) is 0.605. The molecule has 0 heterocycles. The summed E-state index contributed by atoms with van der Waals surface area (Å²) in [7, 11) is -2.35. The molecule has 6 nitrogen and oxygen atoms in total. The van der Waals surface area contributed by atoms with E-state index in [4.69, 9.17) is 0 Å². The average Bonchev–Trinajstić information content (AvgIpc) is 2.33. The van der Waals surface area contributed by atoms with Gasteiger partial charge in [-0.2, -0.15) is 0 Å². The Balaban J connectivity index is 4.23. The third-order valence-electron chi connectivity index (χ3n) is 2.74. The molecule has 0 aromatic rings. The summed E-state index contributed by atoms with van der Waals surface area (Å²) < 4.78 is 29.6. The third-order valence-corrected chi connectivity index (χ3v) is 4.07. The molecule has 17 heavy (non-hydrogen) atoms. The first-order valence-electron chi connectivity index (χ1n) is 5.55. The van der Waals surface area contributed by atoms with Crippen molar-refractivity contribution in [3.63, 3.8) is 0 Å². The maximum Gasteiger partial charge on any atom is 0.306 e. The molecular weight excluding hydrogens is 246 g/mol. The van der Waals surface area contributed by atoms with Gasteiger partial charge in [-0.1, -0.05) is 13.8 Å². The lowest BCUT2D eigenvalue weighted by Gasteiger charge is -2.25. The van der Waals surface area contributed by atoms with Crippen LogP contribution in [0.1, 0.15) is 33.1 Å². The minimum atomic E-state index is -3.55. The second kappa shape index (κ2) is 6.93. The Morgan fingerprint density at radius 1 is 1.35 bits per heavy atom. The molecule has 0 aromatic heterocycles. The molecule has 0 aromatic carbocycles. The topological polar surface area (TPSA) is 92.7 Å². The Labute approximate surface area is 102 Å². The molecule has 102 valence electrons. The minimum Gasteiger partial charge on any atom is -0.469 e. The van der Waals surface area contributed by atoms with Gasteiger partial charge in [0.25, 0.3) is 0 Å². The molecule has 0 saturated carbocycles. The first-order valence-corrected chi connectivity index (χ1v) is 7.20. The third kappa shape index (κ3) is 6.60. The van der Waals surface area contributed by atoms with Crippen molar-refractivity contribution in [2.24, 2.45) is 0 Å². The van der Waals surface area contributed by atoms with Gasteiger partial charge >= 0.3 is 5.97 Å². The normalized spacial score (nSPS) is 12.5. The number of aliphatic hydroxyl groups is 1.